The molecular weight excluding hydrogens is 470 g/mol. The Morgan fingerprint density at radius 3 is 2.68 bits per heavy atom. The second-order valence-electron chi connectivity index (χ2n) is 8.46. The van der Waals surface area contributed by atoms with E-state index in [4.69, 9.17) is 9.47 Å². The van der Waals surface area contributed by atoms with Crippen molar-refractivity contribution in [2.75, 3.05) is 20.2 Å². The fourth-order valence-electron chi connectivity index (χ4n) is 4.42. The predicted molar refractivity (Wildman–Crippen MR) is 134 cm³/mol. The molecule has 180 valence electrons. The van der Waals surface area contributed by atoms with E-state index in [0.29, 0.717) is 23.7 Å². The Bertz CT molecular complexity index is 1250. The molecule has 2 aromatic carbocycles. The van der Waals surface area contributed by atoms with E-state index in [9.17, 15) is 13.2 Å². The maximum Gasteiger partial charge on any atom is 0.346 e. The summed E-state index contributed by atoms with van der Waals surface area (Å²) < 4.78 is 39.3. The van der Waals surface area contributed by atoms with Gasteiger partial charge in [-0.2, -0.15) is 4.31 Å². The van der Waals surface area contributed by atoms with E-state index >= 15 is 0 Å². The summed E-state index contributed by atoms with van der Waals surface area (Å²) in [7, 11) is -2.30. The SMILES string of the molecule is COC(=O)C(C)Oc1cccc(C2CCCN(S(=O)(=O)c3cccc(-c4cccs4)c3)C2)c1C. The van der Waals surface area contributed by atoms with Gasteiger partial charge in [0, 0.05) is 18.0 Å². The van der Waals surface area contributed by atoms with Crippen molar-refractivity contribution >= 4 is 27.3 Å². The van der Waals surface area contributed by atoms with Crippen molar-refractivity contribution in [3.8, 4) is 16.2 Å². The van der Waals surface area contributed by atoms with E-state index in [1.807, 2.05) is 48.7 Å². The standard InChI is InChI=1S/C26H29NO5S2/c1-18-23(11-5-12-24(18)32-19(2)26(28)31-3)21-9-6-14-27(17-21)34(29,30)22-10-4-8-20(16-22)25-13-7-15-33-25/h4-5,7-8,10-13,15-16,19,21H,6,9,14,17H2,1-3H3. The molecule has 1 aromatic heterocycles. The zero-order valence-electron chi connectivity index (χ0n) is 19.6. The Balaban J connectivity index is 1.57. The quantitative estimate of drug-likeness (QED) is 0.416. The van der Waals surface area contributed by atoms with E-state index in [1.54, 1.807) is 40.8 Å². The fraction of sp³-hybridized carbons (Fsp3) is 0.346. The number of piperidine rings is 1. The largest absolute Gasteiger partial charge is 0.479 e. The summed E-state index contributed by atoms with van der Waals surface area (Å²) in [5.41, 5.74) is 2.87. The van der Waals surface area contributed by atoms with Crippen LogP contribution in [0.5, 0.6) is 5.75 Å². The molecule has 0 amide bonds. The monoisotopic (exact) mass is 499 g/mol. The molecule has 0 bridgehead atoms. The highest BCUT2D eigenvalue weighted by molar-refractivity contribution is 7.89. The molecule has 2 atom stereocenters. The smallest absolute Gasteiger partial charge is 0.346 e. The minimum atomic E-state index is -3.63. The lowest BCUT2D eigenvalue weighted by atomic mass is 9.88. The van der Waals surface area contributed by atoms with E-state index < -0.39 is 22.1 Å². The summed E-state index contributed by atoms with van der Waals surface area (Å²) in [5, 5.41) is 1.98. The van der Waals surface area contributed by atoms with Gasteiger partial charge in [-0.3, -0.25) is 0 Å². The van der Waals surface area contributed by atoms with Gasteiger partial charge in [-0.25, -0.2) is 13.2 Å². The van der Waals surface area contributed by atoms with Crippen molar-refractivity contribution in [3.05, 3.63) is 71.1 Å². The number of esters is 1. The van der Waals surface area contributed by atoms with Crippen LogP contribution >= 0.6 is 11.3 Å². The van der Waals surface area contributed by atoms with Crippen molar-refractivity contribution in [1.29, 1.82) is 0 Å². The Labute approximate surface area is 205 Å². The average molecular weight is 500 g/mol. The molecule has 4 rings (SSSR count). The molecule has 2 unspecified atom stereocenters. The van der Waals surface area contributed by atoms with E-state index in [1.165, 1.54) is 7.11 Å². The van der Waals surface area contributed by atoms with Gasteiger partial charge >= 0.3 is 5.97 Å². The first kappa shape index (κ1) is 24.4. The predicted octanol–water partition coefficient (Wildman–Crippen LogP) is 5.23. The second-order valence-corrected chi connectivity index (χ2v) is 11.3. The summed E-state index contributed by atoms with van der Waals surface area (Å²) in [6, 6.07) is 16.9. The third-order valence-corrected chi connectivity index (χ3v) is 9.04. The summed E-state index contributed by atoms with van der Waals surface area (Å²) in [6.45, 7) is 4.50. The number of nitrogens with zero attached hydrogens (tertiary/aromatic N) is 1. The highest BCUT2D eigenvalue weighted by Crippen LogP contribution is 2.36. The maximum absolute atomic E-state index is 13.5. The molecule has 1 aliphatic heterocycles. The van der Waals surface area contributed by atoms with Crippen LogP contribution in [0.2, 0.25) is 0 Å². The number of thiophene rings is 1. The third-order valence-electron chi connectivity index (χ3n) is 6.26. The zero-order chi connectivity index (χ0) is 24.3. The number of methoxy groups -OCH3 is 1. The third kappa shape index (κ3) is 5.04. The number of carbonyl (C=O) groups excluding carboxylic acids is 1. The minimum Gasteiger partial charge on any atom is -0.479 e. The van der Waals surface area contributed by atoms with E-state index in [2.05, 4.69) is 0 Å². The van der Waals surface area contributed by atoms with Crippen LogP contribution < -0.4 is 4.74 Å². The number of ether oxygens (including phenoxy) is 2. The van der Waals surface area contributed by atoms with Gasteiger partial charge in [-0.05, 0) is 78.9 Å². The number of hydrogen-bond donors (Lipinski definition) is 0. The van der Waals surface area contributed by atoms with Crippen LogP contribution in [0.3, 0.4) is 0 Å². The van der Waals surface area contributed by atoms with Crippen LogP contribution in [0.15, 0.2) is 64.9 Å². The fourth-order valence-corrected chi connectivity index (χ4v) is 6.72. The number of carbonyl (C=O) groups is 1. The lowest BCUT2D eigenvalue weighted by Gasteiger charge is -2.33. The molecule has 8 heteroatoms. The van der Waals surface area contributed by atoms with Crippen LogP contribution in [-0.4, -0.2) is 45.0 Å². The average Bonchev–Trinajstić information content (AvgIpc) is 3.40. The summed E-state index contributed by atoms with van der Waals surface area (Å²) >= 11 is 1.59. The van der Waals surface area contributed by atoms with Gasteiger partial charge in [0.15, 0.2) is 6.10 Å². The van der Waals surface area contributed by atoms with Crippen LogP contribution in [0, 0.1) is 6.92 Å². The molecule has 3 aromatic rings. The molecule has 1 saturated heterocycles. The molecule has 1 aliphatic rings. The van der Waals surface area contributed by atoms with Crippen LogP contribution in [0.1, 0.15) is 36.8 Å². The number of sulfonamides is 1. The molecule has 0 radical (unpaired) electrons. The van der Waals surface area contributed by atoms with Gasteiger partial charge in [0.2, 0.25) is 10.0 Å². The Kier molecular flexibility index (Phi) is 7.40. The molecule has 1 fully saturated rings. The van der Waals surface area contributed by atoms with Crippen molar-refractivity contribution in [3.63, 3.8) is 0 Å². The Hall–Kier alpha value is -2.68. The highest BCUT2D eigenvalue weighted by atomic mass is 32.2. The molecule has 0 spiro atoms. The van der Waals surface area contributed by atoms with Crippen molar-refractivity contribution in [2.24, 2.45) is 0 Å². The minimum absolute atomic E-state index is 0.0426. The second kappa shape index (κ2) is 10.3. The molecule has 0 saturated carbocycles. The lowest BCUT2D eigenvalue weighted by molar-refractivity contribution is -0.147. The normalized spacial score (nSPS) is 17.8. The van der Waals surface area contributed by atoms with E-state index in [0.717, 1.165) is 34.4 Å². The zero-order valence-corrected chi connectivity index (χ0v) is 21.2. The van der Waals surface area contributed by atoms with Gasteiger partial charge < -0.3 is 9.47 Å². The lowest BCUT2D eigenvalue weighted by Crippen LogP contribution is -2.39. The van der Waals surface area contributed by atoms with Crippen molar-refractivity contribution in [2.45, 2.75) is 43.6 Å². The van der Waals surface area contributed by atoms with Gasteiger partial charge in [-0.15, -0.1) is 11.3 Å². The number of rotatable bonds is 7. The first-order valence-electron chi connectivity index (χ1n) is 11.3. The molecular formula is C26H29NO5S2. The van der Waals surface area contributed by atoms with Gasteiger partial charge in [0.05, 0.1) is 12.0 Å². The topological polar surface area (TPSA) is 72.9 Å². The van der Waals surface area contributed by atoms with Gasteiger partial charge in [0.1, 0.15) is 5.75 Å². The first-order chi connectivity index (χ1) is 16.3. The Morgan fingerprint density at radius 1 is 1.15 bits per heavy atom. The van der Waals surface area contributed by atoms with Crippen LogP contribution in [-0.2, 0) is 19.6 Å². The number of benzene rings is 2. The molecule has 2 heterocycles. The highest BCUT2D eigenvalue weighted by Gasteiger charge is 2.32. The molecule has 34 heavy (non-hydrogen) atoms. The van der Waals surface area contributed by atoms with Crippen LogP contribution in [0.25, 0.3) is 10.4 Å². The van der Waals surface area contributed by atoms with Crippen LogP contribution in [0.4, 0.5) is 0 Å². The van der Waals surface area contributed by atoms with Crippen molar-refractivity contribution in [1.82, 2.24) is 4.31 Å². The van der Waals surface area contributed by atoms with Gasteiger partial charge in [-0.1, -0.05) is 30.3 Å². The molecule has 6 nitrogen and oxygen atoms in total. The summed E-state index contributed by atoms with van der Waals surface area (Å²) in [4.78, 5) is 13.1. The summed E-state index contributed by atoms with van der Waals surface area (Å²) in [6.07, 6.45) is 0.938. The summed E-state index contributed by atoms with van der Waals surface area (Å²) in [5.74, 6) is 0.213. The maximum atomic E-state index is 13.5. The van der Waals surface area contributed by atoms with Gasteiger partial charge in [0.25, 0.3) is 0 Å². The molecule has 0 N–H and O–H groups in total. The van der Waals surface area contributed by atoms with Crippen molar-refractivity contribution < 1.29 is 22.7 Å². The molecule has 0 aliphatic carbocycles. The Morgan fingerprint density at radius 2 is 1.94 bits per heavy atom. The van der Waals surface area contributed by atoms with E-state index in [-0.39, 0.29) is 5.92 Å². The first-order valence-corrected chi connectivity index (χ1v) is 13.6. The number of hydrogen-bond acceptors (Lipinski definition) is 6.